The van der Waals surface area contributed by atoms with E-state index >= 15 is 0 Å². The van der Waals surface area contributed by atoms with Gasteiger partial charge in [0, 0.05) is 25.7 Å². The molecule has 1 aromatic rings. The third kappa shape index (κ3) is 3.58. The van der Waals surface area contributed by atoms with Crippen molar-refractivity contribution in [3.63, 3.8) is 0 Å². The van der Waals surface area contributed by atoms with E-state index in [1.165, 1.54) is 0 Å². The molecule has 0 aliphatic rings. The Bertz CT molecular complexity index is 347. The molecule has 0 fully saturated rings. The third-order valence-corrected chi connectivity index (χ3v) is 3.03. The summed E-state index contributed by atoms with van der Waals surface area (Å²) in [5, 5.41) is 3.24. The minimum Gasteiger partial charge on any atom is -0.370 e. The zero-order valence-electron chi connectivity index (χ0n) is 11.6. The number of hydrogen-bond donors (Lipinski definition) is 1. The molecule has 0 aliphatic heterocycles. The van der Waals surface area contributed by atoms with Crippen molar-refractivity contribution >= 4 is 11.6 Å². The largest absolute Gasteiger partial charge is 0.370 e. The molecule has 4 heteroatoms. The first kappa shape index (κ1) is 13.7. The summed E-state index contributed by atoms with van der Waals surface area (Å²) < 4.78 is 0. The zero-order chi connectivity index (χ0) is 12.8. The van der Waals surface area contributed by atoms with Crippen LogP contribution in [0.5, 0.6) is 0 Å². The third-order valence-electron chi connectivity index (χ3n) is 3.03. The second-order valence-corrected chi connectivity index (χ2v) is 4.27. The van der Waals surface area contributed by atoms with Crippen molar-refractivity contribution in [2.24, 2.45) is 0 Å². The van der Waals surface area contributed by atoms with E-state index in [0.29, 0.717) is 6.04 Å². The summed E-state index contributed by atoms with van der Waals surface area (Å²) in [6, 6.07) is 2.56. The Hall–Kier alpha value is -1.32. The van der Waals surface area contributed by atoms with Crippen LogP contribution in [-0.2, 0) is 0 Å². The number of nitrogens with one attached hydrogen (secondary N) is 1. The highest BCUT2D eigenvalue weighted by Crippen LogP contribution is 2.19. The predicted molar refractivity (Wildman–Crippen MR) is 73.7 cm³/mol. The summed E-state index contributed by atoms with van der Waals surface area (Å²) in [7, 11) is 2.11. The maximum absolute atomic E-state index is 4.51. The summed E-state index contributed by atoms with van der Waals surface area (Å²) >= 11 is 0. The summed E-state index contributed by atoms with van der Waals surface area (Å²) in [6.07, 6.45) is 2.26. The van der Waals surface area contributed by atoms with Gasteiger partial charge < -0.3 is 10.2 Å². The molecule has 4 nitrogen and oxygen atoms in total. The monoisotopic (exact) mass is 236 g/mol. The van der Waals surface area contributed by atoms with Crippen molar-refractivity contribution in [1.29, 1.82) is 0 Å². The van der Waals surface area contributed by atoms with Crippen molar-refractivity contribution < 1.29 is 0 Å². The van der Waals surface area contributed by atoms with E-state index in [2.05, 4.69) is 48.0 Å². The number of hydrogen-bond acceptors (Lipinski definition) is 4. The molecule has 96 valence electrons. The van der Waals surface area contributed by atoms with Crippen LogP contribution in [0.2, 0.25) is 0 Å². The maximum Gasteiger partial charge on any atom is 0.134 e. The Morgan fingerprint density at radius 3 is 2.41 bits per heavy atom. The fourth-order valence-corrected chi connectivity index (χ4v) is 2.03. The highest BCUT2D eigenvalue weighted by Gasteiger charge is 2.13. The molecule has 0 saturated carbocycles. The van der Waals surface area contributed by atoms with Crippen LogP contribution in [-0.4, -0.2) is 29.6 Å². The van der Waals surface area contributed by atoms with Gasteiger partial charge in [0.25, 0.3) is 0 Å². The molecule has 0 saturated heterocycles. The van der Waals surface area contributed by atoms with E-state index in [1.54, 1.807) is 0 Å². The normalized spacial score (nSPS) is 10.7. The van der Waals surface area contributed by atoms with E-state index in [1.807, 2.05) is 13.0 Å². The Balaban J connectivity index is 2.95. The smallest absolute Gasteiger partial charge is 0.134 e. The van der Waals surface area contributed by atoms with Crippen LogP contribution in [0.25, 0.3) is 0 Å². The molecule has 0 atom stereocenters. The van der Waals surface area contributed by atoms with E-state index in [0.717, 1.165) is 36.8 Å². The van der Waals surface area contributed by atoms with Crippen LogP contribution in [0, 0.1) is 6.92 Å². The van der Waals surface area contributed by atoms with Gasteiger partial charge in [-0.25, -0.2) is 9.97 Å². The Morgan fingerprint density at radius 2 is 1.88 bits per heavy atom. The quantitative estimate of drug-likeness (QED) is 0.824. The van der Waals surface area contributed by atoms with Crippen molar-refractivity contribution in [2.45, 2.75) is 46.6 Å². The van der Waals surface area contributed by atoms with Crippen LogP contribution in [0.15, 0.2) is 6.07 Å². The Labute approximate surface area is 104 Å². The van der Waals surface area contributed by atoms with Crippen molar-refractivity contribution in [3.8, 4) is 0 Å². The molecule has 0 bridgehead atoms. The molecule has 1 aromatic heterocycles. The first-order valence-electron chi connectivity index (χ1n) is 6.44. The molecule has 0 spiro atoms. The fraction of sp³-hybridized carbons (Fsp3) is 0.692. The summed E-state index contributed by atoms with van der Waals surface area (Å²) in [6.45, 7) is 9.31. The molecule has 0 amide bonds. The van der Waals surface area contributed by atoms with Gasteiger partial charge in [-0.05, 0) is 26.7 Å². The summed E-state index contributed by atoms with van der Waals surface area (Å²) in [5.74, 6) is 2.73. The predicted octanol–water partition coefficient (Wildman–Crippen LogP) is 2.84. The molecule has 1 rings (SSSR count). The second-order valence-electron chi connectivity index (χ2n) is 4.27. The first-order valence-corrected chi connectivity index (χ1v) is 6.44. The molecule has 0 unspecified atom stereocenters. The van der Waals surface area contributed by atoms with Crippen LogP contribution in [0.1, 0.15) is 39.4 Å². The minimum absolute atomic E-state index is 0.541. The van der Waals surface area contributed by atoms with Crippen LogP contribution in [0.4, 0.5) is 11.6 Å². The van der Waals surface area contributed by atoms with Gasteiger partial charge in [0.05, 0.1) is 0 Å². The Kier molecular flexibility index (Phi) is 5.19. The minimum atomic E-state index is 0.541. The molecule has 0 aromatic carbocycles. The standard InChI is InChI=1S/C13H24N4/c1-6-11(7-2)17(5)13-9-12(14-8-3)15-10(4)16-13/h9,11H,6-8H2,1-5H3,(H,14,15,16). The number of anilines is 2. The van der Waals surface area contributed by atoms with Gasteiger partial charge in [0.15, 0.2) is 0 Å². The maximum atomic E-state index is 4.51. The van der Waals surface area contributed by atoms with Gasteiger partial charge in [0.2, 0.25) is 0 Å². The van der Waals surface area contributed by atoms with E-state index in [4.69, 9.17) is 0 Å². The second kappa shape index (κ2) is 6.42. The lowest BCUT2D eigenvalue weighted by molar-refractivity contribution is 0.586. The van der Waals surface area contributed by atoms with Crippen LogP contribution in [0.3, 0.4) is 0 Å². The van der Waals surface area contributed by atoms with Gasteiger partial charge in [-0.3, -0.25) is 0 Å². The van der Waals surface area contributed by atoms with E-state index in [-0.39, 0.29) is 0 Å². The molecule has 17 heavy (non-hydrogen) atoms. The highest BCUT2D eigenvalue weighted by molar-refractivity contribution is 5.49. The van der Waals surface area contributed by atoms with Gasteiger partial charge in [0.1, 0.15) is 17.5 Å². The van der Waals surface area contributed by atoms with Crippen LogP contribution >= 0.6 is 0 Å². The molecule has 1 heterocycles. The number of rotatable bonds is 6. The van der Waals surface area contributed by atoms with Crippen molar-refractivity contribution in [2.75, 3.05) is 23.8 Å². The number of aryl methyl sites for hydroxylation is 1. The van der Waals surface area contributed by atoms with Gasteiger partial charge in [-0.2, -0.15) is 0 Å². The average Bonchev–Trinajstić information content (AvgIpc) is 2.30. The zero-order valence-corrected chi connectivity index (χ0v) is 11.6. The summed E-state index contributed by atoms with van der Waals surface area (Å²) in [5.41, 5.74) is 0. The van der Waals surface area contributed by atoms with Crippen LogP contribution < -0.4 is 10.2 Å². The molecule has 1 N–H and O–H groups in total. The summed E-state index contributed by atoms with van der Waals surface area (Å²) in [4.78, 5) is 11.1. The SMILES string of the molecule is CCNc1cc(N(C)C(CC)CC)nc(C)n1. The number of aromatic nitrogens is 2. The lowest BCUT2D eigenvalue weighted by Crippen LogP contribution is -2.31. The van der Waals surface area contributed by atoms with Crippen molar-refractivity contribution in [3.05, 3.63) is 11.9 Å². The fourth-order valence-electron chi connectivity index (χ4n) is 2.03. The van der Waals surface area contributed by atoms with Crippen molar-refractivity contribution in [1.82, 2.24) is 9.97 Å². The topological polar surface area (TPSA) is 41.0 Å². The lowest BCUT2D eigenvalue weighted by atomic mass is 10.1. The van der Waals surface area contributed by atoms with Gasteiger partial charge in [-0.15, -0.1) is 0 Å². The Morgan fingerprint density at radius 1 is 1.24 bits per heavy atom. The lowest BCUT2D eigenvalue weighted by Gasteiger charge is -2.27. The average molecular weight is 236 g/mol. The van der Waals surface area contributed by atoms with Gasteiger partial charge >= 0.3 is 0 Å². The molecule has 0 radical (unpaired) electrons. The molecular formula is C13H24N4. The van der Waals surface area contributed by atoms with E-state index < -0.39 is 0 Å². The first-order chi connectivity index (χ1) is 8.12. The highest BCUT2D eigenvalue weighted by atomic mass is 15.2. The molecular weight excluding hydrogens is 212 g/mol. The molecule has 0 aliphatic carbocycles. The van der Waals surface area contributed by atoms with E-state index in [9.17, 15) is 0 Å². The number of nitrogens with zero attached hydrogens (tertiary/aromatic N) is 3. The van der Waals surface area contributed by atoms with Gasteiger partial charge in [-0.1, -0.05) is 13.8 Å².